The van der Waals surface area contributed by atoms with Crippen molar-refractivity contribution in [3.8, 4) is 0 Å². The summed E-state index contributed by atoms with van der Waals surface area (Å²) in [6.45, 7) is 0. The Morgan fingerprint density at radius 3 is 2.10 bits per heavy atom. The molecule has 1 rings (SSSR count). The van der Waals surface area contributed by atoms with Crippen LogP contribution in [0.3, 0.4) is 0 Å². The number of anilines is 1. The number of sulfone groups is 1. The van der Waals surface area contributed by atoms with Crippen LogP contribution in [0.4, 0.5) is 10.1 Å². The summed E-state index contributed by atoms with van der Waals surface area (Å²) < 4.78 is 81.9. The summed E-state index contributed by atoms with van der Waals surface area (Å²) >= 11 is 0. The van der Waals surface area contributed by atoms with Crippen LogP contribution in [0.2, 0.25) is 0 Å². The summed E-state index contributed by atoms with van der Waals surface area (Å²) in [6.07, 6.45) is 0.701. The van der Waals surface area contributed by atoms with Crippen molar-refractivity contribution in [2.24, 2.45) is 5.14 Å². The summed E-state index contributed by atoms with van der Waals surface area (Å²) in [5.74, 6) is -1.20. The molecule has 1 aromatic carbocycles. The minimum atomic E-state index is -4.32. The average Bonchev–Trinajstić information content (AvgIpc) is 2.15. The van der Waals surface area contributed by atoms with Crippen molar-refractivity contribution < 1.29 is 29.6 Å². The van der Waals surface area contributed by atoms with Gasteiger partial charge in [0.1, 0.15) is 5.82 Å². The number of primary sulfonamides is 1. The molecule has 0 aliphatic carbocycles. The molecule has 0 saturated heterocycles. The maximum absolute atomic E-state index is 13.5. The van der Waals surface area contributed by atoms with Crippen molar-refractivity contribution in [2.75, 3.05) is 16.1 Å². The molecule has 3 N–H and O–H groups in total. The monoisotopic (exact) mass is 346 g/mol. The van der Waals surface area contributed by atoms with Gasteiger partial charge in [0.05, 0.1) is 10.6 Å². The quantitative estimate of drug-likeness (QED) is 0.716. The summed E-state index contributed by atoms with van der Waals surface area (Å²) in [6, 6.07) is 2.24. The fourth-order valence-corrected chi connectivity index (χ4v) is 4.75. The van der Waals surface area contributed by atoms with Gasteiger partial charge in [-0.25, -0.2) is 34.8 Å². The van der Waals surface area contributed by atoms with Crippen LogP contribution >= 0.6 is 0 Å². The highest BCUT2D eigenvalue weighted by Gasteiger charge is 2.20. The van der Waals surface area contributed by atoms with Crippen LogP contribution in [0, 0.1) is 5.82 Å². The van der Waals surface area contributed by atoms with Gasteiger partial charge in [-0.15, -0.1) is 0 Å². The Kier molecular flexibility index (Phi) is 4.43. The van der Waals surface area contributed by atoms with Gasteiger partial charge in [0.15, 0.2) is 14.9 Å². The van der Waals surface area contributed by atoms with E-state index >= 15 is 0 Å². The third-order valence-corrected chi connectivity index (χ3v) is 6.30. The fraction of sp³-hybridized carbons (Fsp3) is 0.250. The van der Waals surface area contributed by atoms with Crippen LogP contribution < -0.4 is 9.86 Å². The van der Waals surface area contributed by atoms with Crippen molar-refractivity contribution in [2.45, 2.75) is 4.90 Å². The molecular formula is C8H11FN2O6S3. The Hall–Kier alpha value is -1.24. The van der Waals surface area contributed by atoms with Gasteiger partial charge in [0, 0.05) is 6.26 Å². The Balaban J connectivity index is 3.13. The molecule has 114 valence electrons. The molecule has 0 spiro atoms. The van der Waals surface area contributed by atoms with E-state index in [1.54, 1.807) is 4.72 Å². The van der Waals surface area contributed by atoms with E-state index in [2.05, 4.69) is 0 Å². The first-order valence-corrected chi connectivity index (χ1v) is 10.1. The van der Waals surface area contributed by atoms with Crippen LogP contribution in [-0.4, -0.2) is 36.6 Å². The standard InChI is InChI=1S/C8H11FN2O6S3/c1-18(12,13)5-19(14,15)11-8-3-2-6(4-7(8)9)20(10,16)17/h2-4,11H,5H2,1H3,(H2,10,16,17). The molecule has 0 aliphatic rings. The van der Waals surface area contributed by atoms with Crippen molar-refractivity contribution in [3.63, 3.8) is 0 Å². The molecule has 0 fully saturated rings. The van der Waals surface area contributed by atoms with E-state index in [1.807, 2.05) is 0 Å². The van der Waals surface area contributed by atoms with Gasteiger partial charge < -0.3 is 0 Å². The first-order valence-electron chi connectivity index (χ1n) is 4.81. The summed E-state index contributed by atoms with van der Waals surface area (Å²) in [7, 11) is -12.3. The number of hydrogen-bond donors (Lipinski definition) is 2. The maximum Gasteiger partial charge on any atom is 0.247 e. The van der Waals surface area contributed by atoms with Crippen LogP contribution in [0.5, 0.6) is 0 Å². The Bertz CT molecular complexity index is 829. The summed E-state index contributed by atoms with van der Waals surface area (Å²) in [4.78, 5) is -0.541. The molecule has 0 radical (unpaired) electrons. The molecule has 0 amide bonds. The van der Waals surface area contributed by atoms with Crippen molar-refractivity contribution in [1.29, 1.82) is 0 Å². The number of hydrogen-bond acceptors (Lipinski definition) is 6. The molecule has 0 aliphatic heterocycles. The molecule has 12 heteroatoms. The second kappa shape index (κ2) is 5.27. The predicted octanol–water partition coefficient (Wildman–Crippen LogP) is -0.783. The average molecular weight is 346 g/mol. The van der Waals surface area contributed by atoms with Crippen molar-refractivity contribution in [3.05, 3.63) is 24.0 Å². The smallest absolute Gasteiger partial charge is 0.247 e. The first kappa shape index (κ1) is 16.8. The van der Waals surface area contributed by atoms with Crippen molar-refractivity contribution in [1.82, 2.24) is 0 Å². The van der Waals surface area contributed by atoms with Crippen LogP contribution in [-0.2, 0) is 29.9 Å². The van der Waals surface area contributed by atoms with Gasteiger partial charge in [-0.1, -0.05) is 0 Å². The maximum atomic E-state index is 13.5. The Labute approximate surface area is 115 Å². The number of nitrogens with two attached hydrogens (primary N) is 1. The molecule has 8 nitrogen and oxygen atoms in total. The molecule has 0 bridgehead atoms. The van der Waals surface area contributed by atoms with E-state index in [9.17, 15) is 29.6 Å². The van der Waals surface area contributed by atoms with E-state index in [1.165, 1.54) is 0 Å². The fourth-order valence-electron chi connectivity index (χ4n) is 1.23. The summed E-state index contributed by atoms with van der Waals surface area (Å²) in [5.41, 5.74) is -0.582. The van der Waals surface area contributed by atoms with Crippen molar-refractivity contribution >= 4 is 35.6 Å². The largest absolute Gasteiger partial charge is 0.280 e. The number of nitrogens with one attached hydrogen (secondary N) is 1. The summed E-state index contributed by atoms with van der Waals surface area (Å²) in [5, 5.41) is 3.55. The highest BCUT2D eigenvalue weighted by Crippen LogP contribution is 2.19. The van der Waals surface area contributed by atoms with Crippen LogP contribution in [0.15, 0.2) is 23.1 Å². The van der Waals surface area contributed by atoms with Gasteiger partial charge >= 0.3 is 0 Å². The predicted molar refractivity (Wildman–Crippen MR) is 70.0 cm³/mol. The van der Waals surface area contributed by atoms with E-state index in [-0.39, 0.29) is 0 Å². The lowest BCUT2D eigenvalue weighted by molar-refractivity contribution is 0.592. The molecule has 20 heavy (non-hydrogen) atoms. The van der Waals surface area contributed by atoms with Crippen LogP contribution in [0.1, 0.15) is 0 Å². The zero-order valence-corrected chi connectivity index (χ0v) is 12.5. The molecule has 0 unspecified atom stereocenters. The first-order chi connectivity index (χ1) is 8.80. The van der Waals surface area contributed by atoms with E-state index in [0.29, 0.717) is 12.3 Å². The second-order valence-electron chi connectivity index (χ2n) is 3.95. The lowest BCUT2D eigenvalue weighted by Gasteiger charge is -2.08. The SMILES string of the molecule is CS(=O)(=O)CS(=O)(=O)Nc1ccc(S(N)(=O)=O)cc1F. The minimum Gasteiger partial charge on any atom is -0.280 e. The zero-order valence-electron chi connectivity index (χ0n) is 10.1. The zero-order chi connectivity index (χ0) is 15.8. The second-order valence-corrected chi connectivity index (χ2v) is 9.74. The van der Waals surface area contributed by atoms with Gasteiger partial charge in [0.2, 0.25) is 20.0 Å². The minimum absolute atomic E-state index is 0.521. The number of benzene rings is 1. The molecular weight excluding hydrogens is 335 g/mol. The Morgan fingerprint density at radius 2 is 1.70 bits per heavy atom. The third-order valence-electron chi connectivity index (χ3n) is 1.90. The molecule has 0 aromatic heterocycles. The van der Waals surface area contributed by atoms with Gasteiger partial charge in [0.25, 0.3) is 0 Å². The normalized spacial score (nSPS) is 13.2. The van der Waals surface area contributed by atoms with Gasteiger partial charge in [-0.2, -0.15) is 0 Å². The number of sulfonamides is 2. The van der Waals surface area contributed by atoms with E-state index in [4.69, 9.17) is 5.14 Å². The lowest BCUT2D eigenvalue weighted by atomic mass is 10.3. The van der Waals surface area contributed by atoms with E-state index < -0.39 is 51.4 Å². The van der Waals surface area contributed by atoms with Gasteiger partial charge in [-0.05, 0) is 18.2 Å². The van der Waals surface area contributed by atoms with Gasteiger partial charge in [-0.3, -0.25) is 4.72 Å². The molecule has 0 atom stereocenters. The third kappa shape index (κ3) is 5.03. The molecule has 0 heterocycles. The Morgan fingerprint density at radius 1 is 1.15 bits per heavy atom. The van der Waals surface area contributed by atoms with E-state index in [0.717, 1.165) is 12.1 Å². The van der Waals surface area contributed by atoms with Crippen LogP contribution in [0.25, 0.3) is 0 Å². The number of rotatable bonds is 5. The highest BCUT2D eigenvalue weighted by atomic mass is 32.3. The number of halogens is 1. The highest BCUT2D eigenvalue weighted by molar-refractivity contribution is 8.08. The molecule has 0 saturated carbocycles. The topological polar surface area (TPSA) is 140 Å². The molecule has 1 aromatic rings. The lowest BCUT2D eigenvalue weighted by Crippen LogP contribution is -2.23.